The maximum atomic E-state index is 11.4. The standard InChI is InChI=1S/C24H32O2Si/c1-18(16-17-26-27(6,7)24(3,4)5)20-8-12-22(13-9-20)23-14-10-21(11-15-23)19(2)25/h8-16H,17H2,1-7H3/b18-16-. The highest BCUT2D eigenvalue weighted by atomic mass is 28.4. The van der Waals surface area contributed by atoms with Gasteiger partial charge in [-0.3, -0.25) is 4.79 Å². The molecule has 3 heteroatoms. The Labute approximate surface area is 165 Å². The molecule has 0 radical (unpaired) electrons. The van der Waals surface area contributed by atoms with Crippen molar-refractivity contribution in [3.05, 3.63) is 65.7 Å². The quantitative estimate of drug-likeness (QED) is 0.399. The highest BCUT2D eigenvalue weighted by Crippen LogP contribution is 2.36. The molecule has 0 saturated heterocycles. The third kappa shape index (κ3) is 5.50. The molecule has 0 heterocycles. The minimum absolute atomic E-state index is 0.0950. The Hall–Kier alpha value is -1.97. The monoisotopic (exact) mass is 380 g/mol. The van der Waals surface area contributed by atoms with E-state index in [0.29, 0.717) is 6.61 Å². The van der Waals surface area contributed by atoms with Crippen LogP contribution in [0.15, 0.2) is 54.6 Å². The van der Waals surface area contributed by atoms with Gasteiger partial charge in [0.05, 0.1) is 6.61 Å². The van der Waals surface area contributed by atoms with E-state index in [1.807, 2.05) is 24.3 Å². The van der Waals surface area contributed by atoms with Gasteiger partial charge in [-0.05, 0) is 54.2 Å². The lowest BCUT2D eigenvalue weighted by Crippen LogP contribution is -2.40. The molecule has 0 bridgehead atoms. The van der Waals surface area contributed by atoms with Gasteiger partial charge in [-0.15, -0.1) is 0 Å². The van der Waals surface area contributed by atoms with E-state index in [-0.39, 0.29) is 10.8 Å². The van der Waals surface area contributed by atoms with Crippen molar-refractivity contribution in [3.63, 3.8) is 0 Å². The van der Waals surface area contributed by atoms with E-state index < -0.39 is 8.32 Å². The molecule has 0 unspecified atom stereocenters. The zero-order valence-electron chi connectivity index (χ0n) is 17.7. The van der Waals surface area contributed by atoms with E-state index in [9.17, 15) is 4.79 Å². The highest BCUT2D eigenvalue weighted by molar-refractivity contribution is 6.74. The molecule has 0 atom stereocenters. The van der Waals surface area contributed by atoms with E-state index >= 15 is 0 Å². The Bertz CT molecular complexity index is 807. The van der Waals surface area contributed by atoms with Gasteiger partial charge in [0.15, 0.2) is 14.1 Å². The average molecular weight is 381 g/mol. The van der Waals surface area contributed by atoms with Crippen LogP contribution in [0.5, 0.6) is 0 Å². The zero-order valence-corrected chi connectivity index (χ0v) is 18.7. The number of ketones is 1. The summed E-state index contributed by atoms with van der Waals surface area (Å²) in [5.74, 6) is 0.0950. The van der Waals surface area contributed by atoms with Crippen LogP contribution in [0.1, 0.15) is 50.5 Å². The maximum Gasteiger partial charge on any atom is 0.192 e. The molecular formula is C24H32O2Si. The summed E-state index contributed by atoms with van der Waals surface area (Å²) >= 11 is 0. The Morgan fingerprint density at radius 3 is 1.74 bits per heavy atom. The van der Waals surface area contributed by atoms with Crippen molar-refractivity contribution < 1.29 is 9.22 Å². The van der Waals surface area contributed by atoms with Crippen LogP contribution in [0, 0.1) is 0 Å². The fourth-order valence-corrected chi connectivity index (χ4v) is 3.47. The Balaban J connectivity index is 2.06. The second-order valence-corrected chi connectivity index (χ2v) is 13.5. The summed E-state index contributed by atoms with van der Waals surface area (Å²) in [5.41, 5.74) is 5.45. The summed E-state index contributed by atoms with van der Waals surface area (Å²) in [6.45, 7) is 15.7. The molecule has 0 fully saturated rings. The predicted octanol–water partition coefficient (Wildman–Crippen LogP) is 6.98. The molecule has 2 aromatic carbocycles. The second-order valence-electron chi connectivity index (χ2n) is 8.67. The summed E-state index contributed by atoms with van der Waals surface area (Å²) in [4.78, 5) is 11.4. The van der Waals surface area contributed by atoms with Crippen molar-refractivity contribution >= 4 is 19.7 Å². The van der Waals surface area contributed by atoms with Crippen LogP contribution >= 0.6 is 0 Å². The molecule has 0 aromatic heterocycles. The molecular weight excluding hydrogens is 348 g/mol. The fourth-order valence-electron chi connectivity index (χ4n) is 2.53. The van der Waals surface area contributed by atoms with Gasteiger partial charge in [0, 0.05) is 5.56 Å². The summed E-state index contributed by atoms with van der Waals surface area (Å²) in [7, 11) is -1.71. The third-order valence-electron chi connectivity index (χ3n) is 5.60. The van der Waals surface area contributed by atoms with Crippen LogP contribution in [0.2, 0.25) is 18.1 Å². The average Bonchev–Trinajstić information content (AvgIpc) is 2.60. The lowest BCUT2D eigenvalue weighted by atomic mass is 9.99. The molecule has 2 nitrogen and oxygen atoms in total. The van der Waals surface area contributed by atoms with Gasteiger partial charge in [0.1, 0.15) is 0 Å². The van der Waals surface area contributed by atoms with Crippen molar-refractivity contribution in [2.45, 2.75) is 52.8 Å². The lowest BCUT2D eigenvalue weighted by molar-refractivity contribution is 0.101. The topological polar surface area (TPSA) is 26.3 Å². The van der Waals surface area contributed by atoms with Gasteiger partial charge in [-0.1, -0.05) is 75.4 Å². The summed E-state index contributed by atoms with van der Waals surface area (Å²) in [5, 5.41) is 0.230. The number of hydrogen-bond acceptors (Lipinski definition) is 2. The van der Waals surface area contributed by atoms with Crippen LogP contribution in [0.25, 0.3) is 16.7 Å². The van der Waals surface area contributed by atoms with Gasteiger partial charge in [-0.25, -0.2) is 0 Å². The summed E-state index contributed by atoms with van der Waals surface area (Å²) in [6.07, 6.45) is 2.18. The Morgan fingerprint density at radius 1 is 0.889 bits per heavy atom. The van der Waals surface area contributed by atoms with Gasteiger partial charge in [0.2, 0.25) is 0 Å². The first-order valence-corrected chi connectivity index (χ1v) is 12.4. The first-order chi connectivity index (χ1) is 12.5. The summed E-state index contributed by atoms with van der Waals surface area (Å²) < 4.78 is 6.24. The number of carbonyl (C=O) groups excluding carboxylic acids is 1. The number of carbonyl (C=O) groups is 1. The van der Waals surface area contributed by atoms with Crippen LogP contribution in [-0.2, 0) is 4.43 Å². The van der Waals surface area contributed by atoms with Crippen molar-refractivity contribution in [2.75, 3.05) is 6.61 Å². The molecule has 0 amide bonds. The highest BCUT2D eigenvalue weighted by Gasteiger charge is 2.36. The van der Waals surface area contributed by atoms with E-state index in [0.717, 1.165) is 16.7 Å². The normalized spacial score (nSPS) is 12.9. The van der Waals surface area contributed by atoms with Crippen LogP contribution in [-0.4, -0.2) is 20.7 Å². The molecule has 0 aliphatic rings. The van der Waals surface area contributed by atoms with Crippen molar-refractivity contribution in [1.29, 1.82) is 0 Å². The molecule has 144 valence electrons. The van der Waals surface area contributed by atoms with Gasteiger partial charge < -0.3 is 4.43 Å². The molecule has 0 spiro atoms. The van der Waals surface area contributed by atoms with Crippen molar-refractivity contribution in [3.8, 4) is 11.1 Å². The van der Waals surface area contributed by atoms with Crippen molar-refractivity contribution in [1.82, 2.24) is 0 Å². The van der Waals surface area contributed by atoms with Crippen LogP contribution < -0.4 is 0 Å². The van der Waals surface area contributed by atoms with Gasteiger partial charge in [0.25, 0.3) is 0 Å². The van der Waals surface area contributed by atoms with Crippen molar-refractivity contribution in [2.24, 2.45) is 0 Å². The fraction of sp³-hybridized carbons (Fsp3) is 0.375. The largest absolute Gasteiger partial charge is 0.413 e. The molecule has 2 rings (SSSR count). The molecule has 27 heavy (non-hydrogen) atoms. The first-order valence-electron chi connectivity index (χ1n) is 9.54. The van der Waals surface area contributed by atoms with Gasteiger partial charge >= 0.3 is 0 Å². The molecule has 0 aliphatic carbocycles. The maximum absolute atomic E-state index is 11.4. The molecule has 0 N–H and O–H groups in total. The zero-order chi connectivity index (χ0) is 20.2. The molecule has 2 aromatic rings. The minimum atomic E-state index is -1.71. The predicted molar refractivity (Wildman–Crippen MR) is 119 cm³/mol. The number of rotatable bonds is 6. The minimum Gasteiger partial charge on any atom is -0.413 e. The Morgan fingerprint density at radius 2 is 1.33 bits per heavy atom. The number of Topliss-reactive ketones (excluding diaryl/α,β-unsaturated/α-hetero) is 1. The second kappa shape index (κ2) is 8.36. The number of benzene rings is 2. The van der Waals surface area contributed by atoms with E-state index in [2.05, 4.69) is 71.1 Å². The molecule has 0 saturated carbocycles. The van der Waals surface area contributed by atoms with E-state index in [4.69, 9.17) is 4.43 Å². The molecule has 0 aliphatic heterocycles. The van der Waals surface area contributed by atoms with Gasteiger partial charge in [-0.2, -0.15) is 0 Å². The van der Waals surface area contributed by atoms with Crippen LogP contribution in [0.4, 0.5) is 0 Å². The Kier molecular flexibility index (Phi) is 6.61. The number of allylic oxidation sites excluding steroid dienone is 1. The lowest BCUT2D eigenvalue weighted by Gasteiger charge is -2.35. The SMILES string of the molecule is CC(=O)c1ccc(-c2ccc(/C(C)=C\CO[Si](C)(C)C(C)(C)C)cc2)cc1. The van der Waals surface area contributed by atoms with Crippen LogP contribution in [0.3, 0.4) is 0 Å². The smallest absolute Gasteiger partial charge is 0.192 e. The van der Waals surface area contributed by atoms with E-state index in [1.54, 1.807) is 6.92 Å². The summed E-state index contributed by atoms with van der Waals surface area (Å²) in [6, 6.07) is 16.3. The first kappa shape index (κ1) is 21.3. The van der Waals surface area contributed by atoms with E-state index in [1.165, 1.54) is 11.1 Å². The third-order valence-corrected chi connectivity index (χ3v) is 10.1. The number of hydrogen-bond donors (Lipinski definition) is 0.